The molecule has 1 aromatic carbocycles. The van der Waals surface area contributed by atoms with Gasteiger partial charge < -0.3 is 15.4 Å². The smallest absolute Gasteiger partial charge is 0.325 e. The van der Waals surface area contributed by atoms with Gasteiger partial charge in [-0.05, 0) is 24.6 Å². The predicted octanol–water partition coefficient (Wildman–Crippen LogP) is 0.989. The van der Waals surface area contributed by atoms with Crippen molar-refractivity contribution in [2.45, 2.75) is 25.4 Å². The normalized spacial score (nSPS) is 20.3. The molecule has 3 rings (SSSR count). The van der Waals surface area contributed by atoms with Gasteiger partial charge in [-0.25, -0.2) is 4.79 Å². The maximum Gasteiger partial charge on any atom is 0.325 e. The van der Waals surface area contributed by atoms with E-state index in [-0.39, 0.29) is 18.9 Å². The predicted molar refractivity (Wildman–Crippen MR) is 104 cm³/mol. The standard InChI is InChI=1S/C19H25ClN4O4/c20-15-5-2-1-4-14(15)13-24-18(26)16(22-19(24)27)12-17(25)21-6-3-7-23-8-10-28-11-9-23/h1-2,4-5,16H,3,6-13H2,(H,21,25)(H,22,27)/t16-/m0/s1. The van der Waals surface area contributed by atoms with E-state index in [1.165, 1.54) is 0 Å². The maximum absolute atomic E-state index is 12.5. The minimum Gasteiger partial charge on any atom is -0.379 e. The molecule has 0 bridgehead atoms. The molecule has 2 saturated heterocycles. The van der Waals surface area contributed by atoms with Gasteiger partial charge >= 0.3 is 6.03 Å². The molecule has 0 aliphatic carbocycles. The molecule has 2 heterocycles. The number of urea groups is 1. The maximum atomic E-state index is 12.5. The van der Waals surface area contributed by atoms with Gasteiger partial charge in [0.2, 0.25) is 5.91 Å². The third-order valence-electron chi connectivity index (χ3n) is 4.86. The molecule has 4 amide bonds. The van der Waals surface area contributed by atoms with E-state index in [2.05, 4.69) is 15.5 Å². The van der Waals surface area contributed by atoms with E-state index in [9.17, 15) is 14.4 Å². The molecule has 152 valence electrons. The number of hydrogen-bond donors (Lipinski definition) is 2. The zero-order chi connectivity index (χ0) is 19.9. The fourth-order valence-corrected chi connectivity index (χ4v) is 3.47. The summed E-state index contributed by atoms with van der Waals surface area (Å²) in [7, 11) is 0. The fourth-order valence-electron chi connectivity index (χ4n) is 3.27. The lowest BCUT2D eigenvalue weighted by molar-refractivity contribution is -0.131. The minimum atomic E-state index is -0.839. The second-order valence-corrected chi connectivity index (χ2v) is 7.29. The molecule has 8 nitrogen and oxygen atoms in total. The molecule has 2 aliphatic rings. The third-order valence-corrected chi connectivity index (χ3v) is 5.23. The Morgan fingerprint density at radius 1 is 1.25 bits per heavy atom. The largest absolute Gasteiger partial charge is 0.379 e. The Bertz CT molecular complexity index is 724. The number of nitrogens with one attached hydrogen (secondary N) is 2. The molecular weight excluding hydrogens is 384 g/mol. The molecule has 1 aromatic rings. The van der Waals surface area contributed by atoms with Crippen LogP contribution in [0.3, 0.4) is 0 Å². The number of morpholine rings is 1. The molecule has 0 saturated carbocycles. The lowest BCUT2D eigenvalue weighted by Crippen LogP contribution is -2.39. The average Bonchev–Trinajstić information content (AvgIpc) is 2.95. The van der Waals surface area contributed by atoms with Crippen LogP contribution in [0, 0.1) is 0 Å². The molecule has 28 heavy (non-hydrogen) atoms. The lowest BCUT2D eigenvalue weighted by Gasteiger charge is -2.26. The highest BCUT2D eigenvalue weighted by Crippen LogP contribution is 2.20. The van der Waals surface area contributed by atoms with Crippen LogP contribution in [0.5, 0.6) is 0 Å². The minimum absolute atomic E-state index is 0.0683. The summed E-state index contributed by atoms with van der Waals surface area (Å²) < 4.78 is 5.30. The topological polar surface area (TPSA) is 91.0 Å². The van der Waals surface area contributed by atoms with Gasteiger partial charge in [0, 0.05) is 24.7 Å². The summed E-state index contributed by atoms with van der Waals surface area (Å²) in [5.74, 6) is -0.659. The lowest BCUT2D eigenvalue weighted by atomic mass is 10.1. The fraction of sp³-hybridized carbons (Fsp3) is 0.526. The Hall–Kier alpha value is -2.16. The first-order valence-corrected chi connectivity index (χ1v) is 9.84. The van der Waals surface area contributed by atoms with Crippen LogP contribution in [0.15, 0.2) is 24.3 Å². The number of ether oxygens (including phenoxy) is 1. The monoisotopic (exact) mass is 408 g/mol. The Morgan fingerprint density at radius 2 is 2.00 bits per heavy atom. The number of benzene rings is 1. The quantitative estimate of drug-likeness (QED) is 0.494. The molecular formula is C19H25ClN4O4. The van der Waals surface area contributed by atoms with E-state index in [1.807, 2.05) is 0 Å². The number of amides is 4. The van der Waals surface area contributed by atoms with E-state index in [1.54, 1.807) is 24.3 Å². The van der Waals surface area contributed by atoms with Gasteiger partial charge in [0.25, 0.3) is 5.91 Å². The van der Waals surface area contributed by atoms with Gasteiger partial charge in [-0.2, -0.15) is 0 Å². The van der Waals surface area contributed by atoms with Gasteiger partial charge in [0.15, 0.2) is 0 Å². The molecule has 2 fully saturated rings. The van der Waals surface area contributed by atoms with E-state index in [4.69, 9.17) is 16.3 Å². The van der Waals surface area contributed by atoms with Crippen LogP contribution in [0.25, 0.3) is 0 Å². The molecule has 9 heteroatoms. The summed E-state index contributed by atoms with van der Waals surface area (Å²) in [5, 5.41) is 5.89. The molecule has 0 unspecified atom stereocenters. The van der Waals surface area contributed by atoms with Crippen molar-refractivity contribution in [1.29, 1.82) is 0 Å². The first kappa shape index (κ1) is 20.6. The molecule has 0 radical (unpaired) electrons. The summed E-state index contributed by atoms with van der Waals surface area (Å²) in [5.41, 5.74) is 0.681. The molecule has 2 aliphatic heterocycles. The van der Waals surface area contributed by atoms with Crippen LogP contribution in [-0.2, 0) is 20.9 Å². The van der Waals surface area contributed by atoms with Crippen LogP contribution in [0.4, 0.5) is 4.79 Å². The molecule has 1 atom stereocenters. The highest BCUT2D eigenvalue weighted by Gasteiger charge is 2.39. The van der Waals surface area contributed by atoms with Crippen molar-refractivity contribution >= 4 is 29.4 Å². The molecule has 0 spiro atoms. The SMILES string of the molecule is O=C(C[C@@H]1NC(=O)N(Cc2ccccc2Cl)C1=O)NCCCN1CCOCC1. The van der Waals surface area contributed by atoms with Crippen molar-refractivity contribution in [3.63, 3.8) is 0 Å². The number of hydrogen-bond acceptors (Lipinski definition) is 5. The second-order valence-electron chi connectivity index (χ2n) is 6.88. The van der Waals surface area contributed by atoms with E-state index < -0.39 is 18.0 Å². The van der Waals surface area contributed by atoms with Crippen LogP contribution >= 0.6 is 11.6 Å². The van der Waals surface area contributed by atoms with Crippen LogP contribution in [0.1, 0.15) is 18.4 Å². The number of nitrogens with zero attached hydrogens (tertiary/aromatic N) is 2. The first-order chi connectivity index (χ1) is 13.5. The summed E-state index contributed by atoms with van der Waals surface area (Å²) >= 11 is 6.10. The first-order valence-electron chi connectivity index (χ1n) is 9.46. The van der Waals surface area contributed by atoms with Gasteiger partial charge in [-0.15, -0.1) is 0 Å². The average molecular weight is 409 g/mol. The Labute approximate surface area is 169 Å². The van der Waals surface area contributed by atoms with Gasteiger partial charge in [-0.1, -0.05) is 29.8 Å². The number of halogens is 1. The van der Waals surface area contributed by atoms with Crippen molar-refractivity contribution in [1.82, 2.24) is 20.4 Å². The highest BCUT2D eigenvalue weighted by atomic mass is 35.5. The Kier molecular flexibility index (Phi) is 7.24. The van der Waals surface area contributed by atoms with Crippen molar-refractivity contribution in [2.75, 3.05) is 39.4 Å². The van der Waals surface area contributed by atoms with Gasteiger partial charge in [0.05, 0.1) is 26.2 Å². The highest BCUT2D eigenvalue weighted by molar-refractivity contribution is 6.31. The summed E-state index contributed by atoms with van der Waals surface area (Å²) in [4.78, 5) is 40.2. The summed E-state index contributed by atoms with van der Waals surface area (Å²) in [6.45, 7) is 4.85. The third kappa shape index (κ3) is 5.43. The van der Waals surface area contributed by atoms with E-state index >= 15 is 0 Å². The van der Waals surface area contributed by atoms with Gasteiger partial charge in [-0.3, -0.25) is 19.4 Å². The van der Waals surface area contributed by atoms with Crippen LogP contribution in [0.2, 0.25) is 5.02 Å². The zero-order valence-corrected chi connectivity index (χ0v) is 16.4. The zero-order valence-electron chi connectivity index (χ0n) is 15.7. The van der Waals surface area contributed by atoms with Crippen molar-refractivity contribution in [3.8, 4) is 0 Å². The van der Waals surface area contributed by atoms with Crippen molar-refractivity contribution in [3.05, 3.63) is 34.9 Å². The van der Waals surface area contributed by atoms with E-state index in [0.29, 0.717) is 17.1 Å². The van der Waals surface area contributed by atoms with Crippen molar-refractivity contribution in [2.24, 2.45) is 0 Å². The number of carbonyl (C=O) groups excluding carboxylic acids is 3. The molecule has 2 N–H and O–H groups in total. The van der Waals surface area contributed by atoms with Crippen LogP contribution < -0.4 is 10.6 Å². The summed E-state index contributed by atoms with van der Waals surface area (Å²) in [6, 6.07) is 5.70. The Balaban J connectivity index is 1.41. The van der Waals surface area contributed by atoms with Crippen molar-refractivity contribution < 1.29 is 19.1 Å². The number of rotatable bonds is 8. The number of carbonyl (C=O) groups is 3. The second kappa shape index (κ2) is 9.86. The van der Waals surface area contributed by atoms with Gasteiger partial charge in [0.1, 0.15) is 6.04 Å². The Morgan fingerprint density at radius 3 is 2.75 bits per heavy atom. The summed E-state index contributed by atoms with van der Waals surface area (Å²) in [6.07, 6.45) is 0.760. The number of imide groups is 1. The van der Waals surface area contributed by atoms with E-state index in [0.717, 1.165) is 44.2 Å². The molecule has 0 aromatic heterocycles. The van der Waals surface area contributed by atoms with Crippen LogP contribution in [-0.4, -0.2) is 73.1 Å².